The maximum atomic E-state index is 12.9. The molecular weight excluding hydrogens is 961 g/mol. The number of ether oxygens (including phenoxy) is 3. The molecule has 0 amide bonds. The zero-order valence-corrected chi connectivity index (χ0v) is 52.5. The summed E-state index contributed by atoms with van der Waals surface area (Å²) >= 11 is 0. The second-order valence-electron chi connectivity index (χ2n) is 23.4. The van der Waals surface area contributed by atoms with Crippen LogP contribution in [0, 0.1) is 0 Å². The maximum absolute atomic E-state index is 12.9. The molecule has 0 aliphatic rings. The fourth-order valence-electron chi connectivity index (χ4n) is 10.3. The topological polar surface area (TPSA) is 78.9 Å². The molecule has 456 valence electrons. The van der Waals surface area contributed by atoms with Crippen LogP contribution in [-0.2, 0) is 28.6 Å². The van der Waals surface area contributed by atoms with E-state index in [4.69, 9.17) is 14.2 Å². The van der Waals surface area contributed by atoms with E-state index in [2.05, 4.69) is 69.4 Å². The largest absolute Gasteiger partial charge is 0.462 e. The maximum Gasteiger partial charge on any atom is 0.306 e. The molecule has 1 unspecified atom stereocenters. The minimum Gasteiger partial charge on any atom is -0.462 e. The predicted molar refractivity (Wildman–Crippen MR) is 339 cm³/mol. The van der Waals surface area contributed by atoms with Crippen molar-refractivity contribution >= 4 is 17.9 Å². The Balaban J connectivity index is 4.33. The number of carbonyl (C=O) groups excluding carboxylic acids is 3. The molecule has 0 spiro atoms. The Hall–Kier alpha value is -2.63. The molecule has 1 atom stereocenters. The lowest BCUT2D eigenvalue weighted by Gasteiger charge is -2.18. The molecule has 0 bridgehead atoms. The van der Waals surface area contributed by atoms with Gasteiger partial charge < -0.3 is 14.2 Å². The van der Waals surface area contributed by atoms with Crippen LogP contribution >= 0.6 is 0 Å². The first kappa shape index (κ1) is 75.4. The second kappa shape index (κ2) is 66.9. The van der Waals surface area contributed by atoms with Crippen LogP contribution in [0.4, 0.5) is 0 Å². The van der Waals surface area contributed by atoms with Gasteiger partial charge in [-0.05, 0) is 83.5 Å². The highest BCUT2D eigenvalue weighted by molar-refractivity contribution is 5.71. The van der Waals surface area contributed by atoms with Crippen LogP contribution in [0.3, 0.4) is 0 Å². The van der Waals surface area contributed by atoms with Crippen LogP contribution < -0.4 is 0 Å². The summed E-state index contributed by atoms with van der Waals surface area (Å²) in [6, 6.07) is 0. The van der Waals surface area contributed by atoms with Gasteiger partial charge in [0.15, 0.2) is 6.10 Å². The van der Waals surface area contributed by atoms with Crippen molar-refractivity contribution in [2.24, 2.45) is 0 Å². The lowest BCUT2D eigenvalue weighted by Crippen LogP contribution is -2.30. The van der Waals surface area contributed by atoms with Gasteiger partial charge >= 0.3 is 17.9 Å². The van der Waals surface area contributed by atoms with Crippen molar-refractivity contribution in [3.63, 3.8) is 0 Å². The van der Waals surface area contributed by atoms with Crippen molar-refractivity contribution < 1.29 is 28.6 Å². The van der Waals surface area contributed by atoms with Crippen molar-refractivity contribution in [1.82, 2.24) is 0 Å². The molecule has 0 N–H and O–H groups in total. The van der Waals surface area contributed by atoms with Crippen LogP contribution in [0.15, 0.2) is 48.6 Å². The molecule has 0 saturated heterocycles. The van der Waals surface area contributed by atoms with Crippen LogP contribution in [0.5, 0.6) is 0 Å². The van der Waals surface area contributed by atoms with Gasteiger partial charge in [-0.15, -0.1) is 0 Å². The third kappa shape index (κ3) is 64.2. The van der Waals surface area contributed by atoms with Crippen molar-refractivity contribution in [1.29, 1.82) is 0 Å². The lowest BCUT2D eigenvalue weighted by molar-refractivity contribution is -0.167. The van der Waals surface area contributed by atoms with Gasteiger partial charge in [0.25, 0.3) is 0 Å². The number of allylic oxidation sites excluding steroid dienone is 8. The minimum atomic E-state index is -0.782. The number of esters is 3. The Morgan fingerprint density at radius 1 is 0.256 bits per heavy atom. The Labute approximate surface area is 486 Å². The number of hydrogen-bond donors (Lipinski definition) is 0. The molecule has 78 heavy (non-hydrogen) atoms. The van der Waals surface area contributed by atoms with Gasteiger partial charge in [-0.3, -0.25) is 14.4 Å². The Morgan fingerprint density at radius 3 is 0.756 bits per heavy atom. The first-order valence-corrected chi connectivity index (χ1v) is 34.6. The molecule has 0 heterocycles. The molecule has 0 aromatic rings. The summed E-state index contributed by atoms with van der Waals surface area (Å²) in [6.07, 6.45) is 84.1. The molecule has 0 aliphatic heterocycles. The van der Waals surface area contributed by atoms with Gasteiger partial charge in [-0.25, -0.2) is 0 Å². The summed E-state index contributed by atoms with van der Waals surface area (Å²) in [4.78, 5) is 38.4. The van der Waals surface area contributed by atoms with E-state index in [9.17, 15) is 14.4 Å². The highest BCUT2D eigenvalue weighted by atomic mass is 16.6. The number of rotatable bonds is 64. The van der Waals surface area contributed by atoms with Gasteiger partial charge in [0.05, 0.1) is 0 Å². The molecule has 0 fully saturated rings. The van der Waals surface area contributed by atoms with E-state index in [1.165, 1.54) is 257 Å². The van der Waals surface area contributed by atoms with E-state index in [-0.39, 0.29) is 31.1 Å². The molecule has 6 nitrogen and oxygen atoms in total. The monoisotopic (exact) mass is 1090 g/mol. The fourth-order valence-corrected chi connectivity index (χ4v) is 10.3. The third-order valence-electron chi connectivity index (χ3n) is 15.6. The molecule has 0 radical (unpaired) electrons. The van der Waals surface area contributed by atoms with Gasteiger partial charge in [0, 0.05) is 19.3 Å². The van der Waals surface area contributed by atoms with Gasteiger partial charge in [-0.2, -0.15) is 0 Å². The van der Waals surface area contributed by atoms with E-state index in [0.717, 1.165) is 77.0 Å². The van der Waals surface area contributed by atoms with Crippen LogP contribution in [0.25, 0.3) is 0 Å². The summed E-state index contributed by atoms with van der Waals surface area (Å²) in [5.74, 6) is -0.868. The Bertz CT molecular complexity index is 1350. The van der Waals surface area contributed by atoms with Gasteiger partial charge in [-0.1, -0.05) is 320 Å². The molecule has 0 saturated carbocycles. The molecule has 0 aromatic carbocycles. The minimum absolute atomic E-state index is 0.0759. The van der Waals surface area contributed by atoms with E-state index in [1.54, 1.807) is 0 Å². The highest BCUT2D eigenvalue weighted by Gasteiger charge is 2.19. The molecule has 0 aliphatic carbocycles. The van der Waals surface area contributed by atoms with E-state index in [0.29, 0.717) is 19.3 Å². The highest BCUT2D eigenvalue weighted by Crippen LogP contribution is 2.18. The molecule has 0 rings (SSSR count). The van der Waals surface area contributed by atoms with Crippen molar-refractivity contribution in [2.45, 2.75) is 380 Å². The standard InChI is InChI=1S/C72H132O6/c1-4-7-10-13-16-19-22-25-28-31-34-35-36-37-39-41-44-47-50-53-56-59-62-65-71(74)77-68-69(67-76-70(73)64-61-58-55-52-49-46-43-40-33-30-27-24-21-18-15-12-9-6-3)78-72(75)66-63-60-57-54-51-48-45-42-38-32-29-26-23-20-17-14-11-8-5-2/h17,20,26,29-30,33,38,42,69H,4-16,18-19,21-25,27-28,31-32,34-37,39-41,43-68H2,1-3H3/b20-17-,29-26-,33-30-,42-38-. The number of hydrogen-bond acceptors (Lipinski definition) is 6. The van der Waals surface area contributed by atoms with E-state index < -0.39 is 6.10 Å². The van der Waals surface area contributed by atoms with E-state index in [1.807, 2.05) is 0 Å². The predicted octanol–water partition coefficient (Wildman–Crippen LogP) is 23.7. The van der Waals surface area contributed by atoms with E-state index >= 15 is 0 Å². The Kier molecular flexibility index (Phi) is 64.6. The normalized spacial score (nSPS) is 12.3. The fraction of sp³-hybridized carbons (Fsp3) is 0.847. The van der Waals surface area contributed by atoms with Gasteiger partial charge in [0.1, 0.15) is 13.2 Å². The smallest absolute Gasteiger partial charge is 0.306 e. The average molecular weight is 1090 g/mol. The molecular formula is C72H132O6. The average Bonchev–Trinajstić information content (AvgIpc) is 3.44. The van der Waals surface area contributed by atoms with Crippen LogP contribution in [0.2, 0.25) is 0 Å². The summed E-state index contributed by atoms with van der Waals surface area (Å²) in [5, 5.41) is 0. The summed E-state index contributed by atoms with van der Waals surface area (Å²) in [5.41, 5.74) is 0. The van der Waals surface area contributed by atoms with Crippen molar-refractivity contribution in [3.05, 3.63) is 48.6 Å². The summed E-state index contributed by atoms with van der Waals surface area (Å²) in [7, 11) is 0. The van der Waals surface area contributed by atoms with Gasteiger partial charge in [0.2, 0.25) is 0 Å². The second-order valence-corrected chi connectivity index (χ2v) is 23.4. The molecule has 6 heteroatoms. The summed E-state index contributed by atoms with van der Waals surface area (Å²) in [6.45, 7) is 6.67. The number of unbranched alkanes of at least 4 members (excludes halogenated alkanes) is 45. The van der Waals surface area contributed by atoms with Crippen molar-refractivity contribution in [3.8, 4) is 0 Å². The first-order valence-electron chi connectivity index (χ1n) is 34.6. The third-order valence-corrected chi connectivity index (χ3v) is 15.6. The zero-order chi connectivity index (χ0) is 56.4. The van der Waals surface area contributed by atoms with Crippen molar-refractivity contribution in [2.75, 3.05) is 13.2 Å². The SMILES string of the molecule is CCCCC/C=C\C/C=C\C/C=C\CCCCCCCCC(=O)OC(COC(=O)CCCCCCCCC/C=C\CCCCCCCCC)COC(=O)CCCCCCCCCCCCCCCCCCCCCCCCC. The van der Waals surface area contributed by atoms with Crippen LogP contribution in [0.1, 0.15) is 374 Å². The summed E-state index contributed by atoms with van der Waals surface area (Å²) < 4.78 is 17.0. The first-order chi connectivity index (χ1) is 38.5. The Morgan fingerprint density at radius 2 is 0.462 bits per heavy atom. The molecule has 0 aromatic heterocycles. The van der Waals surface area contributed by atoms with Crippen LogP contribution in [-0.4, -0.2) is 37.2 Å². The quantitative estimate of drug-likeness (QED) is 0.0261. The zero-order valence-electron chi connectivity index (χ0n) is 52.5. The number of carbonyl (C=O) groups is 3. The lowest BCUT2D eigenvalue weighted by atomic mass is 10.0.